The highest BCUT2D eigenvalue weighted by Gasteiger charge is 2.05. The summed E-state index contributed by atoms with van der Waals surface area (Å²) in [4.78, 5) is 16.2. The molecule has 3 rings (SSSR count). The number of carbonyl (C=O) groups is 1. The third-order valence-electron chi connectivity index (χ3n) is 3.48. The molecule has 0 saturated carbocycles. The summed E-state index contributed by atoms with van der Waals surface area (Å²) < 4.78 is 5.09. The van der Waals surface area contributed by atoms with Crippen LogP contribution in [0.2, 0.25) is 0 Å². The van der Waals surface area contributed by atoms with Gasteiger partial charge < -0.3 is 9.73 Å². The van der Waals surface area contributed by atoms with E-state index in [4.69, 9.17) is 4.42 Å². The Kier molecular flexibility index (Phi) is 5.69. The highest BCUT2D eigenvalue weighted by atomic mass is 32.2. The molecule has 1 amide bonds. The third-order valence-corrected chi connectivity index (χ3v) is 4.49. The maximum atomic E-state index is 12.0. The molecule has 0 radical (unpaired) electrons. The summed E-state index contributed by atoms with van der Waals surface area (Å²) in [5.74, 6) is 1.32. The van der Waals surface area contributed by atoms with E-state index in [1.54, 1.807) is 36.7 Å². The van der Waals surface area contributed by atoms with Gasteiger partial charge in [-0.25, -0.2) is 0 Å². The first kappa shape index (κ1) is 16.3. The molecule has 122 valence electrons. The number of nitrogens with one attached hydrogen (secondary N) is 1. The smallest absolute Gasteiger partial charge is 0.230 e. The maximum Gasteiger partial charge on any atom is 0.230 e. The van der Waals surface area contributed by atoms with E-state index in [1.807, 2.05) is 30.3 Å². The number of pyridine rings is 1. The Morgan fingerprint density at radius 2 is 1.96 bits per heavy atom. The summed E-state index contributed by atoms with van der Waals surface area (Å²) in [7, 11) is 0. The Hall–Kier alpha value is -2.53. The van der Waals surface area contributed by atoms with Gasteiger partial charge in [-0.15, -0.1) is 11.8 Å². The largest absolute Gasteiger partial charge is 0.472 e. The van der Waals surface area contributed by atoms with Gasteiger partial charge in [0.05, 0.1) is 18.3 Å². The first-order valence-corrected chi connectivity index (χ1v) is 8.81. The molecule has 2 aromatic heterocycles. The number of hydrogen-bond donors (Lipinski definition) is 1. The van der Waals surface area contributed by atoms with E-state index in [0.29, 0.717) is 12.3 Å². The number of benzene rings is 1. The van der Waals surface area contributed by atoms with Crippen LogP contribution in [0.4, 0.5) is 0 Å². The van der Waals surface area contributed by atoms with Crippen molar-refractivity contribution in [1.82, 2.24) is 10.3 Å². The molecule has 4 nitrogen and oxygen atoms in total. The molecule has 0 spiro atoms. The van der Waals surface area contributed by atoms with Crippen molar-refractivity contribution in [3.05, 3.63) is 78.5 Å². The minimum absolute atomic E-state index is 0.0321. The average molecular weight is 338 g/mol. The van der Waals surface area contributed by atoms with Crippen LogP contribution in [0.15, 0.2) is 71.8 Å². The topological polar surface area (TPSA) is 55.1 Å². The molecule has 0 atom stereocenters. The molecule has 5 heteroatoms. The zero-order chi connectivity index (χ0) is 16.6. The second kappa shape index (κ2) is 8.36. The van der Waals surface area contributed by atoms with Crippen LogP contribution in [0, 0.1) is 0 Å². The predicted molar refractivity (Wildman–Crippen MR) is 96.4 cm³/mol. The van der Waals surface area contributed by atoms with Crippen LogP contribution in [0.1, 0.15) is 11.1 Å². The van der Waals surface area contributed by atoms with Gasteiger partial charge in [0.15, 0.2) is 0 Å². The fraction of sp³-hybridized carbons (Fsp3) is 0.158. The molecule has 1 aromatic carbocycles. The number of amides is 1. The molecule has 1 N–H and O–H groups in total. The van der Waals surface area contributed by atoms with E-state index in [1.165, 1.54) is 5.56 Å². The highest BCUT2D eigenvalue weighted by molar-refractivity contribution is 7.99. The molecule has 3 aromatic rings. The van der Waals surface area contributed by atoms with Crippen molar-refractivity contribution in [3.63, 3.8) is 0 Å². The number of nitrogens with zero attached hydrogens (tertiary/aromatic N) is 1. The summed E-state index contributed by atoms with van der Waals surface area (Å²) in [6.45, 7) is 0.476. The van der Waals surface area contributed by atoms with Crippen LogP contribution in [0.25, 0.3) is 11.1 Å². The van der Waals surface area contributed by atoms with Gasteiger partial charge in [0.1, 0.15) is 0 Å². The van der Waals surface area contributed by atoms with Crippen molar-refractivity contribution in [2.24, 2.45) is 0 Å². The van der Waals surface area contributed by atoms with Crippen LogP contribution in [-0.2, 0) is 17.1 Å². The number of furan rings is 1. The van der Waals surface area contributed by atoms with E-state index in [-0.39, 0.29) is 5.91 Å². The van der Waals surface area contributed by atoms with Crippen molar-refractivity contribution in [3.8, 4) is 11.1 Å². The van der Waals surface area contributed by atoms with E-state index >= 15 is 0 Å². The molecule has 0 fully saturated rings. The molecule has 0 aliphatic carbocycles. The lowest BCUT2D eigenvalue weighted by atomic mass is 10.1. The lowest BCUT2D eigenvalue weighted by molar-refractivity contribution is -0.118. The molecule has 0 aliphatic rings. The summed E-state index contributed by atoms with van der Waals surface area (Å²) in [5, 5.41) is 2.93. The Morgan fingerprint density at radius 3 is 2.75 bits per heavy atom. The number of aromatic nitrogens is 1. The second-order valence-corrected chi connectivity index (χ2v) is 6.33. The normalized spacial score (nSPS) is 10.5. The highest BCUT2D eigenvalue weighted by Crippen LogP contribution is 2.19. The van der Waals surface area contributed by atoms with Crippen LogP contribution in [0.3, 0.4) is 0 Å². The van der Waals surface area contributed by atoms with Gasteiger partial charge >= 0.3 is 0 Å². The molecule has 24 heavy (non-hydrogen) atoms. The Bertz CT molecular complexity index is 773. The molecule has 0 saturated heterocycles. The van der Waals surface area contributed by atoms with Gasteiger partial charge in [-0.3, -0.25) is 9.78 Å². The van der Waals surface area contributed by atoms with E-state index < -0.39 is 0 Å². The van der Waals surface area contributed by atoms with Gasteiger partial charge in [0.2, 0.25) is 5.91 Å². The molecular weight excluding hydrogens is 320 g/mol. The summed E-state index contributed by atoms with van der Waals surface area (Å²) in [5.41, 5.74) is 4.16. The molecular formula is C19H18N2O2S. The van der Waals surface area contributed by atoms with Gasteiger partial charge in [0, 0.05) is 35.8 Å². The van der Waals surface area contributed by atoms with E-state index in [9.17, 15) is 4.79 Å². The van der Waals surface area contributed by atoms with Crippen molar-refractivity contribution in [2.75, 3.05) is 5.75 Å². The lowest BCUT2D eigenvalue weighted by Gasteiger charge is -2.06. The fourth-order valence-electron chi connectivity index (χ4n) is 2.26. The van der Waals surface area contributed by atoms with E-state index in [0.717, 1.165) is 22.4 Å². The number of hydrogen-bond acceptors (Lipinski definition) is 4. The zero-order valence-corrected chi connectivity index (χ0v) is 14.0. The van der Waals surface area contributed by atoms with Crippen molar-refractivity contribution in [1.29, 1.82) is 0 Å². The monoisotopic (exact) mass is 338 g/mol. The Balaban J connectivity index is 1.45. The standard InChI is InChI=1S/C19H18N2O2S/c22-19(14-24-13-15-4-2-1-3-5-15)21-10-16-8-18(11-20-9-16)17-6-7-23-12-17/h1-9,11-12H,10,13-14H2,(H,21,22). The quantitative estimate of drug-likeness (QED) is 0.710. The van der Waals surface area contributed by atoms with Crippen LogP contribution < -0.4 is 5.32 Å². The zero-order valence-electron chi connectivity index (χ0n) is 13.1. The molecule has 2 heterocycles. The van der Waals surface area contributed by atoms with Crippen molar-refractivity contribution >= 4 is 17.7 Å². The summed E-state index contributed by atoms with van der Waals surface area (Å²) >= 11 is 1.61. The second-order valence-electron chi connectivity index (χ2n) is 5.35. The molecule has 0 aliphatic heterocycles. The maximum absolute atomic E-state index is 12.0. The third kappa shape index (κ3) is 4.73. The molecule has 0 bridgehead atoms. The van der Waals surface area contributed by atoms with Gasteiger partial charge in [-0.2, -0.15) is 0 Å². The SMILES string of the molecule is O=C(CSCc1ccccc1)NCc1cncc(-c2ccoc2)c1. The first-order chi connectivity index (χ1) is 11.8. The van der Waals surface area contributed by atoms with Crippen molar-refractivity contribution in [2.45, 2.75) is 12.3 Å². The Morgan fingerprint density at radius 1 is 1.08 bits per heavy atom. The Labute approximate surface area is 145 Å². The predicted octanol–water partition coefficient (Wildman–Crippen LogP) is 3.89. The number of thioether (sulfide) groups is 1. The summed E-state index contributed by atoms with van der Waals surface area (Å²) in [6, 6.07) is 14.0. The average Bonchev–Trinajstić information content (AvgIpc) is 3.16. The van der Waals surface area contributed by atoms with Gasteiger partial charge in [0.25, 0.3) is 0 Å². The summed E-state index contributed by atoms with van der Waals surface area (Å²) in [6.07, 6.45) is 6.86. The van der Waals surface area contributed by atoms with Gasteiger partial charge in [-0.05, 0) is 23.3 Å². The number of carbonyl (C=O) groups excluding carboxylic acids is 1. The van der Waals surface area contributed by atoms with Crippen LogP contribution >= 0.6 is 11.8 Å². The van der Waals surface area contributed by atoms with Gasteiger partial charge in [-0.1, -0.05) is 30.3 Å². The fourth-order valence-corrected chi connectivity index (χ4v) is 3.08. The molecule has 0 unspecified atom stereocenters. The minimum Gasteiger partial charge on any atom is -0.472 e. The lowest BCUT2D eigenvalue weighted by Crippen LogP contribution is -2.24. The van der Waals surface area contributed by atoms with Crippen LogP contribution in [-0.4, -0.2) is 16.6 Å². The van der Waals surface area contributed by atoms with Crippen LogP contribution in [0.5, 0.6) is 0 Å². The number of rotatable bonds is 7. The van der Waals surface area contributed by atoms with Crippen molar-refractivity contribution < 1.29 is 9.21 Å². The first-order valence-electron chi connectivity index (χ1n) is 7.66. The minimum atomic E-state index is 0.0321. The van der Waals surface area contributed by atoms with E-state index in [2.05, 4.69) is 22.4 Å².